The molecule has 1 aromatic carbocycles. The third-order valence-corrected chi connectivity index (χ3v) is 7.48. The maximum absolute atomic E-state index is 12.1. The number of nitrogens with one attached hydrogen (secondary N) is 3. The minimum atomic E-state index is -1.01. The fourth-order valence-corrected chi connectivity index (χ4v) is 5.58. The molecule has 2 amide bonds. The first-order valence-corrected chi connectivity index (χ1v) is 13.7. The summed E-state index contributed by atoms with van der Waals surface area (Å²) in [5.41, 5.74) is 2.82. The van der Waals surface area contributed by atoms with Gasteiger partial charge in [-0.1, -0.05) is 36.4 Å². The van der Waals surface area contributed by atoms with E-state index in [2.05, 4.69) is 30.6 Å². The fourth-order valence-electron chi connectivity index (χ4n) is 5.58. The number of carbonyl (C=O) groups excluding carboxylic acids is 1. The second-order valence-electron chi connectivity index (χ2n) is 10.1. The highest BCUT2D eigenvalue weighted by atomic mass is 16.7. The smallest absolute Gasteiger partial charge is 0.337 e. The van der Waals surface area contributed by atoms with E-state index >= 15 is 0 Å². The highest BCUT2D eigenvalue weighted by Crippen LogP contribution is 2.45. The van der Waals surface area contributed by atoms with E-state index in [1.807, 2.05) is 54.0 Å². The van der Waals surface area contributed by atoms with Crippen LogP contribution in [0.25, 0.3) is 17.2 Å². The normalized spacial score (nSPS) is 23.4. The number of hydrogen-bond acceptors (Lipinski definition) is 8. The first kappa shape index (κ1) is 27.6. The van der Waals surface area contributed by atoms with E-state index in [0.717, 1.165) is 5.56 Å². The SMILES string of the molecule is CCNC(=O)Nc1ncnc2c1ncn2C1CC(COCc2c[nH]cc2C(=O)O)C2O[C@H](C=Cc3ccccc3)OC21. The number of carboxylic acids is 1. The van der Waals surface area contributed by atoms with Crippen molar-refractivity contribution >= 4 is 35.1 Å². The zero-order chi connectivity index (χ0) is 29.1. The molecular weight excluding hydrogens is 542 g/mol. The van der Waals surface area contributed by atoms with Crippen LogP contribution < -0.4 is 10.6 Å². The number of nitrogens with zero attached hydrogens (tertiary/aromatic N) is 4. The summed E-state index contributed by atoms with van der Waals surface area (Å²) in [4.78, 5) is 39.7. The molecule has 42 heavy (non-hydrogen) atoms. The average molecular weight is 574 g/mol. The molecule has 1 saturated carbocycles. The zero-order valence-electron chi connectivity index (χ0n) is 22.8. The van der Waals surface area contributed by atoms with Gasteiger partial charge >= 0.3 is 12.0 Å². The standard InChI is InChI=1S/C29H31N7O6/c1-2-31-29(39)35-26-23-27(33-15-32-26)36(16-34-23)21-10-18(13-40-14-19-11-30-12-20(19)28(37)38)24-25(21)42-22(41-24)9-8-17-6-4-3-5-7-17/h3-9,11-12,15-16,18,21-22,24-25,30H,2,10,13-14H2,1H3,(H,37,38)(H2,31,32,33,35,39)/t18?,21?,22-,24?,25?/m0/s1. The van der Waals surface area contributed by atoms with E-state index in [1.54, 1.807) is 12.5 Å². The molecule has 6 rings (SSSR count). The van der Waals surface area contributed by atoms with Gasteiger partial charge in [0, 0.05) is 30.4 Å². The minimum Gasteiger partial charge on any atom is -0.478 e. The lowest BCUT2D eigenvalue weighted by atomic mass is 10.1. The van der Waals surface area contributed by atoms with Crippen molar-refractivity contribution in [3.8, 4) is 0 Å². The highest BCUT2D eigenvalue weighted by molar-refractivity contribution is 5.95. The molecule has 4 aromatic rings. The summed E-state index contributed by atoms with van der Waals surface area (Å²) in [5, 5.41) is 14.8. The van der Waals surface area contributed by atoms with Gasteiger partial charge in [0.2, 0.25) is 0 Å². The van der Waals surface area contributed by atoms with Crippen LogP contribution in [0.2, 0.25) is 0 Å². The van der Waals surface area contributed by atoms with Crippen molar-refractivity contribution in [2.75, 3.05) is 18.5 Å². The van der Waals surface area contributed by atoms with Crippen molar-refractivity contribution < 1.29 is 28.9 Å². The number of aromatic amines is 1. The van der Waals surface area contributed by atoms with Crippen molar-refractivity contribution in [3.63, 3.8) is 0 Å². The fraction of sp³-hybridized carbons (Fsp3) is 0.345. The molecule has 1 aliphatic carbocycles. The summed E-state index contributed by atoms with van der Waals surface area (Å²) in [6.07, 6.45) is 9.50. The number of H-pyrrole nitrogens is 1. The molecule has 0 spiro atoms. The van der Waals surface area contributed by atoms with Crippen molar-refractivity contribution in [2.45, 2.75) is 44.5 Å². The summed E-state index contributed by atoms with van der Waals surface area (Å²) >= 11 is 0. The molecule has 3 aromatic heterocycles. The second kappa shape index (κ2) is 12.1. The van der Waals surface area contributed by atoms with E-state index in [4.69, 9.17) is 14.2 Å². The van der Waals surface area contributed by atoms with Gasteiger partial charge in [0.25, 0.3) is 0 Å². The Bertz CT molecular complexity index is 1590. The molecule has 2 aliphatic rings. The first-order chi connectivity index (χ1) is 20.5. The van der Waals surface area contributed by atoms with E-state index in [-0.39, 0.29) is 42.4 Å². The molecular formula is C29H31N7O6. The maximum Gasteiger partial charge on any atom is 0.337 e. The molecule has 13 nitrogen and oxygen atoms in total. The largest absolute Gasteiger partial charge is 0.478 e. The molecule has 13 heteroatoms. The third kappa shape index (κ3) is 5.62. The number of amides is 2. The van der Waals surface area contributed by atoms with Gasteiger partial charge in [-0.3, -0.25) is 5.32 Å². The Kier molecular flexibility index (Phi) is 7.95. The van der Waals surface area contributed by atoms with Crippen LogP contribution in [0, 0.1) is 5.92 Å². The van der Waals surface area contributed by atoms with Crippen LogP contribution >= 0.6 is 0 Å². The van der Waals surface area contributed by atoms with Gasteiger partial charge in [0.15, 0.2) is 23.3 Å². The number of imidazole rings is 1. The van der Waals surface area contributed by atoms with Crippen LogP contribution in [0.5, 0.6) is 0 Å². The summed E-state index contributed by atoms with van der Waals surface area (Å²) in [6.45, 7) is 2.79. The predicted octanol–water partition coefficient (Wildman–Crippen LogP) is 3.60. The number of hydrogen-bond donors (Lipinski definition) is 4. The van der Waals surface area contributed by atoms with Crippen molar-refractivity contribution in [3.05, 3.63) is 78.1 Å². The minimum absolute atomic E-state index is 0.0467. The molecule has 2 fully saturated rings. The van der Waals surface area contributed by atoms with E-state index < -0.39 is 12.3 Å². The van der Waals surface area contributed by atoms with E-state index in [1.165, 1.54) is 12.5 Å². The van der Waals surface area contributed by atoms with Gasteiger partial charge in [-0.05, 0) is 25.0 Å². The number of carbonyl (C=O) groups is 2. The summed E-state index contributed by atoms with van der Waals surface area (Å²) < 4.78 is 20.8. The predicted molar refractivity (Wildman–Crippen MR) is 152 cm³/mol. The Balaban J connectivity index is 1.23. The first-order valence-electron chi connectivity index (χ1n) is 13.7. The van der Waals surface area contributed by atoms with Crippen LogP contribution in [0.4, 0.5) is 10.6 Å². The van der Waals surface area contributed by atoms with E-state index in [0.29, 0.717) is 42.1 Å². The average Bonchev–Trinajstić information content (AvgIpc) is 3.77. The molecule has 1 aliphatic heterocycles. The number of aromatic nitrogens is 5. The van der Waals surface area contributed by atoms with Crippen molar-refractivity contribution in [1.82, 2.24) is 29.8 Å². The van der Waals surface area contributed by atoms with Crippen LogP contribution in [0.15, 0.2) is 61.5 Å². The van der Waals surface area contributed by atoms with Gasteiger partial charge in [-0.15, -0.1) is 0 Å². The molecule has 218 valence electrons. The lowest BCUT2D eigenvalue weighted by molar-refractivity contribution is -0.0586. The lowest BCUT2D eigenvalue weighted by Gasteiger charge is -2.19. The number of rotatable bonds is 10. The van der Waals surface area contributed by atoms with E-state index in [9.17, 15) is 14.7 Å². The number of aromatic carboxylic acids is 1. The highest BCUT2D eigenvalue weighted by Gasteiger charge is 2.52. The summed E-state index contributed by atoms with van der Waals surface area (Å²) in [7, 11) is 0. The molecule has 1 saturated heterocycles. The van der Waals surface area contributed by atoms with Gasteiger partial charge in [0.1, 0.15) is 12.4 Å². The summed E-state index contributed by atoms with van der Waals surface area (Å²) in [5.74, 6) is -0.742. The van der Waals surface area contributed by atoms with Crippen molar-refractivity contribution in [1.29, 1.82) is 0 Å². The molecule has 4 heterocycles. The van der Waals surface area contributed by atoms with Crippen LogP contribution in [-0.2, 0) is 20.8 Å². The lowest BCUT2D eigenvalue weighted by Crippen LogP contribution is -2.29. The van der Waals surface area contributed by atoms with Gasteiger partial charge < -0.3 is 34.2 Å². The van der Waals surface area contributed by atoms with Gasteiger partial charge in [0.05, 0.1) is 37.3 Å². The number of fused-ring (bicyclic) bond motifs is 2. The molecule has 0 radical (unpaired) electrons. The summed E-state index contributed by atoms with van der Waals surface area (Å²) in [6, 6.07) is 9.34. The Morgan fingerprint density at radius 1 is 1.17 bits per heavy atom. The van der Waals surface area contributed by atoms with Gasteiger partial charge in [-0.2, -0.15) is 0 Å². The van der Waals surface area contributed by atoms with Gasteiger partial charge in [-0.25, -0.2) is 24.5 Å². The molecule has 5 atom stereocenters. The van der Waals surface area contributed by atoms with Crippen LogP contribution in [0.1, 0.15) is 40.9 Å². The number of carboxylic acid groups (broad SMARTS) is 1. The number of benzene rings is 1. The second-order valence-corrected chi connectivity index (χ2v) is 10.1. The van der Waals surface area contributed by atoms with Crippen LogP contribution in [0.3, 0.4) is 0 Å². The topological polar surface area (TPSA) is 166 Å². The quantitative estimate of drug-likeness (QED) is 0.222. The molecule has 4 unspecified atom stereocenters. The number of urea groups is 1. The maximum atomic E-state index is 12.1. The Labute approximate surface area is 240 Å². The zero-order valence-corrected chi connectivity index (χ0v) is 22.8. The monoisotopic (exact) mass is 573 g/mol. The molecule has 0 bridgehead atoms. The number of ether oxygens (including phenoxy) is 3. The number of anilines is 1. The molecule has 4 N–H and O–H groups in total. The third-order valence-electron chi connectivity index (χ3n) is 7.48. The Hall–Kier alpha value is -4.59. The Morgan fingerprint density at radius 2 is 2.00 bits per heavy atom. The Morgan fingerprint density at radius 3 is 2.81 bits per heavy atom. The van der Waals surface area contributed by atoms with Crippen LogP contribution in [-0.4, -0.2) is 73.3 Å². The van der Waals surface area contributed by atoms with Crippen molar-refractivity contribution in [2.24, 2.45) is 5.92 Å².